The summed E-state index contributed by atoms with van der Waals surface area (Å²) >= 11 is 0. The van der Waals surface area contributed by atoms with Crippen molar-refractivity contribution in [3.05, 3.63) is 24.0 Å². The van der Waals surface area contributed by atoms with Crippen molar-refractivity contribution in [2.75, 3.05) is 21.2 Å². The predicted molar refractivity (Wildman–Crippen MR) is 187 cm³/mol. The molecule has 3 heterocycles. The van der Waals surface area contributed by atoms with Gasteiger partial charge >= 0.3 is 5.97 Å². The zero-order valence-electron chi connectivity index (χ0n) is 31.5. The molecule has 14 unspecified atom stereocenters. The monoisotopic (exact) mass is 694 g/mol. The van der Waals surface area contributed by atoms with E-state index in [0.29, 0.717) is 17.8 Å². The summed E-state index contributed by atoms with van der Waals surface area (Å²) in [5.74, 6) is -3.65. The Bertz CT molecular complexity index is 1270. The maximum absolute atomic E-state index is 13.6. The van der Waals surface area contributed by atoms with Crippen molar-refractivity contribution in [1.82, 2.24) is 9.88 Å². The van der Waals surface area contributed by atoms with Crippen LogP contribution in [0.5, 0.6) is 0 Å². The van der Waals surface area contributed by atoms with E-state index in [1.165, 1.54) is 6.92 Å². The average Bonchev–Trinajstić information content (AvgIpc) is 3.60. The Morgan fingerprint density at radius 1 is 1.10 bits per heavy atom. The summed E-state index contributed by atoms with van der Waals surface area (Å²) in [5, 5.41) is 55.9. The number of aromatic nitrogens is 1. The molecule has 1 aromatic heterocycles. The number of rotatable bonds is 7. The molecule has 13 heteroatoms. The molecule has 280 valence electrons. The van der Waals surface area contributed by atoms with Crippen molar-refractivity contribution in [2.24, 2.45) is 33.9 Å². The van der Waals surface area contributed by atoms with E-state index in [9.17, 15) is 25.2 Å². The molecule has 2 aliphatic rings. The maximum atomic E-state index is 13.6. The van der Waals surface area contributed by atoms with Gasteiger partial charge in [0.1, 0.15) is 17.8 Å². The molecule has 0 bridgehead atoms. The van der Waals surface area contributed by atoms with Gasteiger partial charge in [-0.05, 0) is 86.0 Å². The number of hydrogen-bond acceptors (Lipinski definition) is 12. The molecule has 3 rings (SSSR count). The van der Waals surface area contributed by atoms with Crippen molar-refractivity contribution in [1.29, 1.82) is 0 Å². The molecule has 2 saturated heterocycles. The molecule has 0 radical (unpaired) electrons. The molecule has 0 spiro atoms. The molecule has 0 aromatic carbocycles. The highest BCUT2D eigenvalue weighted by atomic mass is 16.7. The van der Waals surface area contributed by atoms with Crippen LogP contribution in [0.2, 0.25) is 0 Å². The van der Waals surface area contributed by atoms with Gasteiger partial charge in [-0.15, -0.1) is 0 Å². The Balaban J connectivity index is 2.19. The van der Waals surface area contributed by atoms with Crippen LogP contribution in [0.3, 0.4) is 0 Å². The van der Waals surface area contributed by atoms with Crippen molar-refractivity contribution < 1.29 is 44.2 Å². The van der Waals surface area contributed by atoms with Gasteiger partial charge in [-0.1, -0.05) is 27.7 Å². The van der Waals surface area contributed by atoms with E-state index in [1.54, 1.807) is 41.0 Å². The number of aliphatic hydroxyl groups excluding tert-OH is 3. The topological polar surface area (TPSA) is 179 Å². The van der Waals surface area contributed by atoms with Gasteiger partial charge < -0.3 is 49.3 Å². The van der Waals surface area contributed by atoms with Gasteiger partial charge in [0.25, 0.3) is 0 Å². The van der Waals surface area contributed by atoms with Crippen LogP contribution in [0.25, 0.3) is 0 Å². The van der Waals surface area contributed by atoms with E-state index in [-0.39, 0.29) is 25.0 Å². The standard InChI is InChI=1S/C36H62N4O9/c1-13-27-36(9,45)31(43)21(4)28(39-38-24(7)25-15-14-16-37-25)19(2)18-35(8,46-12)32(22(5)29(41)23(6)33(44)48-27)49-34-30(42)26(40(10)11)17-20(3)47-34/h14-16,19-23,26-27,29-32,34,37,41-43,45H,13,17-18H2,1-12H3. The summed E-state index contributed by atoms with van der Waals surface area (Å²) in [4.78, 5) is 18.6. The van der Waals surface area contributed by atoms with Crippen LogP contribution < -0.4 is 0 Å². The van der Waals surface area contributed by atoms with Crippen molar-refractivity contribution in [2.45, 2.75) is 142 Å². The third-order valence-corrected chi connectivity index (χ3v) is 10.9. The lowest BCUT2D eigenvalue weighted by Gasteiger charge is -2.48. The SMILES string of the molecule is CCC1OC(=O)C(C)C(O)C(C)C(OC2OC(C)CC(N(C)C)C2O)C(C)(OC)CC(C)C(=NN=C(C)c2ccc[nH]2)C(C)C(O)C1(C)O. The average molecular weight is 695 g/mol. The van der Waals surface area contributed by atoms with Crippen molar-refractivity contribution >= 4 is 17.4 Å². The second-order valence-corrected chi connectivity index (χ2v) is 15.0. The van der Waals surface area contributed by atoms with Crippen LogP contribution in [0.4, 0.5) is 0 Å². The summed E-state index contributed by atoms with van der Waals surface area (Å²) in [6.45, 7) is 15.8. The summed E-state index contributed by atoms with van der Waals surface area (Å²) in [7, 11) is 5.33. The molecular formula is C36H62N4O9. The summed E-state index contributed by atoms with van der Waals surface area (Å²) in [6.07, 6.45) is -4.09. The number of cyclic esters (lactones) is 1. The molecular weight excluding hydrogens is 632 g/mol. The molecule has 2 fully saturated rings. The van der Waals surface area contributed by atoms with E-state index in [1.807, 2.05) is 58.8 Å². The fraction of sp³-hybridized carbons (Fsp3) is 0.806. The number of aliphatic hydroxyl groups is 4. The quantitative estimate of drug-likeness (QED) is 0.162. The molecule has 0 aliphatic carbocycles. The van der Waals surface area contributed by atoms with Gasteiger partial charge in [-0.3, -0.25) is 4.79 Å². The zero-order valence-corrected chi connectivity index (χ0v) is 31.5. The third kappa shape index (κ3) is 9.17. The highest BCUT2D eigenvalue weighted by Crippen LogP contribution is 2.39. The first-order chi connectivity index (χ1) is 22.8. The van der Waals surface area contributed by atoms with Crippen LogP contribution in [0, 0.1) is 23.7 Å². The van der Waals surface area contributed by atoms with Gasteiger partial charge in [0.15, 0.2) is 6.29 Å². The first kappa shape index (κ1) is 41.2. The maximum Gasteiger partial charge on any atom is 0.311 e. The number of carbonyl (C=O) groups excluding carboxylic acids is 1. The largest absolute Gasteiger partial charge is 0.459 e. The molecule has 13 nitrogen and oxygen atoms in total. The van der Waals surface area contributed by atoms with Gasteiger partial charge in [0.05, 0.1) is 47.3 Å². The van der Waals surface area contributed by atoms with Gasteiger partial charge in [0.2, 0.25) is 0 Å². The number of likely N-dealkylation sites (N-methyl/N-ethyl adjacent to an activating group) is 1. The lowest BCUT2D eigenvalue weighted by molar-refractivity contribution is -0.301. The van der Waals surface area contributed by atoms with Crippen LogP contribution >= 0.6 is 0 Å². The fourth-order valence-corrected chi connectivity index (χ4v) is 7.53. The van der Waals surface area contributed by atoms with Crippen LogP contribution in [0.15, 0.2) is 28.5 Å². The number of carbonyl (C=O) groups is 1. The van der Waals surface area contributed by atoms with Crippen LogP contribution in [-0.2, 0) is 23.7 Å². The number of aromatic amines is 1. The lowest BCUT2D eigenvalue weighted by Crippen LogP contribution is -2.60. The van der Waals surface area contributed by atoms with Crippen molar-refractivity contribution in [3.63, 3.8) is 0 Å². The normalized spacial score (nSPS) is 43.0. The van der Waals surface area contributed by atoms with Crippen molar-refractivity contribution in [3.8, 4) is 0 Å². The number of methoxy groups -OCH3 is 1. The zero-order chi connectivity index (χ0) is 37.0. The Labute approximate surface area is 292 Å². The number of hydrogen-bond donors (Lipinski definition) is 5. The molecule has 2 aliphatic heterocycles. The van der Waals surface area contributed by atoms with E-state index in [4.69, 9.17) is 18.9 Å². The fourth-order valence-electron chi connectivity index (χ4n) is 7.53. The van der Waals surface area contributed by atoms with E-state index >= 15 is 0 Å². The predicted octanol–water partition coefficient (Wildman–Crippen LogP) is 3.14. The first-order valence-corrected chi connectivity index (χ1v) is 17.6. The molecule has 14 atom stereocenters. The third-order valence-electron chi connectivity index (χ3n) is 10.9. The van der Waals surface area contributed by atoms with Gasteiger partial charge in [-0.25, -0.2) is 0 Å². The minimum Gasteiger partial charge on any atom is -0.459 e. The highest BCUT2D eigenvalue weighted by molar-refractivity contribution is 5.98. The number of ether oxygens (including phenoxy) is 4. The van der Waals surface area contributed by atoms with Crippen LogP contribution in [-0.4, -0.2) is 129 Å². The lowest BCUT2D eigenvalue weighted by atomic mass is 9.73. The summed E-state index contributed by atoms with van der Waals surface area (Å²) in [6, 6.07) is 3.49. The molecule has 0 saturated carbocycles. The molecule has 0 amide bonds. The Morgan fingerprint density at radius 2 is 1.76 bits per heavy atom. The number of nitrogens with one attached hydrogen (secondary N) is 1. The second kappa shape index (κ2) is 16.9. The summed E-state index contributed by atoms with van der Waals surface area (Å²) in [5.41, 5.74) is -1.14. The first-order valence-electron chi connectivity index (χ1n) is 17.6. The number of nitrogens with zero attached hydrogens (tertiary/aromatic N) is 3. The highest BCUT2D eigenvalue weighted by Gasteiger charge is 2.51. The minimum absolute atomic E-state index is 0.211. The molecule has 49 heavy (non-hydrogen) atoms. The van der Waals surface area contributed by atoms with E-state index < -0.39 is 77.7 Å². The van der Waals surface area contributed by atoms with Gasteiger partial charge in [-0.2, -0.15) is 10.2 Å². The number of esters is 1. The minimum atomic E-state index is -1.87. The Morgan fingerprint density at radius 3 is 2.31 bits per heavy atom. The number of H-pyrrole nitrogens is 1. The summed E-state index contributed by atoms with van der Waals surface area (Å²) < 4.78 is 24.9. The molecule has 5 N–H and O–H groups in total. The van der Waals surface area contributed by atoms with E-state index in [2.05, 4.69) is 15.2 Å². The Kier molecular flexibility index (Phi) is 14.2. The van der Waals surface area contributed by atoms with Gasteiger partial charge in [0, 0.05) is 36.9 Å². The van der Waals surface area contributed by atoms with E-state index in [0.717, 1.165) is 5.69 Å². The van der Waals surface area contributed by atoms with Crippen LogP contribution in [0.1, 0.15) is 87.3 Å². The Hall–Kier alpha value is -2.23. The second-order valence-electron chi connectivity index (χ2n) is 15.0. The molecule has 1 aromatic rings. The smallest absolute Gasteiger partial charge is 0.311 e.